The number of urea groups is 1. The Morgan fingerprint density at radius 1 is 0.966 bits per heavy atom. The van der Waals surface area contributed by atoms with Crippen LogP contribution in [0.15, 0.2) is 29.2 Å². The molecule has 1 saturated heterocycles. The van der Waals surface area contributed by atoms with Gasteiger partial charge >= 0.3 is 6.03 Å². The summed E-state index contributed by atoms with van der Waals surface area (Å²) in [5.41, 5.74) is 1.03. The van der Waals surface area contributed by atoms with E-state index < -0.39 is 10.0 Å². The Morgan fingerprint density at radius 3 is 2.28 bits per heavy atom. The van der Waals surface area contributed by atoms with E-state index in [1.807, 2.05) is 19.1 Å². The fourth-order valence-electron chi connectivity index (χ4n) is 4.39. The van der Waals surface area contributed by atoms with Crippen LogP contribution in [0.25, 0.3) is 0 Å². The van der Waals surface area contributed by atoms with Crippen LogP contribution in [-0.2, 0) is 10.0 Å². The first-order valence-corrected chi connectivity index (χ1v) is 12.5. The van der Waals surface area contributed by atoms with Crippen LogP contribution in [0.1, 0.15) is 69.8 Å². The number of rotatable bonds is 5. The topological polar surface area (TPSA) is 78.5 Å². The van der Waals surface area contributed by atoms with Crippen molar-refractivity contribution in [3.8, 4) is 0 Å². The molecule has 0 aromatic heterocycles. The van der Waals surface area contributed by atoms with E-state index in [1.54, 1.807) is 16.4 Å². The first-order chi connectivity index (χ1) is 14.0. The minimum absolute atomic E-state index is 0.172. The van der Waals surface area contributed by atoms with E-state index in [2.05, 4.69) is 10.6 Å². The van der Waals surface area contributed by atoms with E-state index in [0.717, 1.165) is 50.5 Å². The lowest BCUT2D eigenvalue weighted by Gasteiger charge is -2.35. The van der Waals surface area contributed by atoms with Crippen molar-refractivity contribution in [1.29, 1.82) is 0 Å². The Labute approximate surface area is 175 Å². The van der Waals surface area contributed by atoms with Crippen molar-refractivity contribution in [1.82, 2.24) is 14.9 Å². The Hall–Kier alpha value is -1.60. The molecule has 162 valence electrons. The number of sulfonamides is 1. The number of amides is 2. The molecule has 3 rings (SSSR count). The molecular weight excluding hydrogens is 386 g/mol. The molecular formula is C22H35N3O3S. The second kappa shape index (κ2) is 10.4. The Bertz CT molecular complexity index is 756. The van der Waals surface area contributed by atoms with E-state index in [4.69, 9.17) is 0 Å². The van der Waals surface area contributed by atoms with E-state index in [-0.39, 0.29) is 18.1 Å². The summed E-state index contributed by atoms with van der Waals surface area (Å²) in [5.74, 6) is 0. The van der Waals surface area contributed by atoms with E-state index in [1.165, 1.54) is 19.3 Å². The van der Waals surface area contributed by atoms with E-state index in [9.17, 15) is 13.2 Å². The molecule has 0 spiro atoms. The van der Waals surface area contributed by atoms with Gasteiger partial charge in [0.1, 0.15) is 0 Å². The van der Waals surface area contributed by atoms with Gasteiger partial charge in [-0.3, -0.25) is 0 Å². The predicted molar refractivity (Wildman–Crippen MR) is 115 cm³/mol. The van der Waals surface area contributed by atoms with Crippen LogP contribution in [0.4, 0.5) is 4.79 Å². The molecule has 1 aliphatic carbocycles. The maximum Gasteiger partial charge on any atom is 0.315 e. The van der Waals surface area contributed by atoms with Gasteiger partial charge in [0.15, 0.2) is 0 Å². The third kappa shape index (κ3) is 6.19. The number of benzene rings is 1. The molecule has 0 radical (unpaired) electrons. The summed E-state index contributed by atoms with van der Waals surface area (Å²) in [5, 5.41) is 6.04. The number of carbonyl (C=O) groups is 1. The molecule has 1 aromatic carbocycles. The number of carbonyl (C=O) groups excluding carboxylic acids is 1. The zero-order chi connectivity index (χ0) is 20.7. The summed E-state index contributed by atoms with van der Waals surface area (Å²) in [6.45, 7) is 2.80. The molecule has 1 heterocycles. The number of piperidine rings is 1. The quantitative estimate of drug-likeness (QED) is 0.756. The van der Waals surface area contributed by atoms with Gasteiger partial charge in [0.2, 0.25) is 10.0 Å². The summed E-state index contributed by atoms with van der Waals surface area (Å²) >= 11 is 0. The minimum Gasteiger partial charge on any atom is -0.337 e. The standard InChI is InChI=1S/C22H35N3O3S/c1-18-12-14-21(15-13-18)29(27,28)25-16-8-7-11-20(25)17-23-22(26)24-19-9-5-3-2-4-6-10-19/h12-15,19-20H,2-11,16-17H2,1H3,(H2,23,24,26). The predicted octanol–water partition coefficient (Wildman–Crippen LogP) is 3.95. The van der Waals surface area contributed by atoms with Crippen molar-refractivity contribution >= 4 is 16.1 Å². The van der Waals surface area contributed by atoms with Crippen LogP contribution in [0.2, 0.25) is 0 Å². The number of aryl methyl sites for hydroxylation is 1. The molecule has 1 aromatic rings. The van der Waals surface area contributed by atoms with Gasteiger partial charge in [0.05, 0.1) is 4.90 Å². The molecule has 1 unspecified atom stereocenters. The lowest BCUT2D eigenvalue weighted by atomic mass is 9.97. The third-order valence-corrected chi connectivity index (χ3v) is 8.11. The summed E-state index contributed by atoms with van der Waals surface area (Å²) in [6, 6.07) is 6.86. The highest BCUT2D eigenvalue weighted by atomic mass is 32.2. The lowest BCUT2D eigenvalue weighted by Crippen LogP contribution is -2.51. The van der Waals surface area contributed by atoms with Crippen molar-refractivity contribution in [3.63, 3.8) is 0 Å². The zero-order valence-electron chi connectivity index (χ0n) is 17.5. The largest absolute Gasteiger partial charge is 0.337 e. The van der Waals surface area contributed by atoms with Gasteiger partial charge in [0.25, 0.3) is 0 Å². The molecule has 1 saturated carbocycles. The van der Waals surface area contributed by atoms with E-state index in [0.29, 0.717) is 18.0 Å². The van der Waals surface area contributed by atoms with Gasteiger partial charge in [-0.25, -0.2) is 13.2 Å². The highest BCUT2D eigenvalue weighted by Crippen LogP contribution is 2.25. The van der Waals surface area contributed by atoms with Crippen molar-refractivity contribution in [2.75, 3.05) is 13.1 Å². The molecule has 0 bridgehead atoms. The summed E-state index contributed by atoms with van der Waals surface area (Å²) in [4.78, 5) is 12.8. The SMILES string of the molecule is Cc1ccc(S(=O)(=O)N2CCCCC2CNC(=O)NC2CCCCCCC2)cc1. The van der Waals surface area contributed by atoms with Crippen molar-refractivity contribution in [2.45, 2.75) is 88.1 Å². The Kier molecular flexibility index (Phi) is 7.95. The molecule has 6 nitrogen and oxygen atoms in total. The number of nitrogens with zero attached hydrogens (tertiary/aromatic N) is 1. The van der Waals surface area contributed by atoms with Gasteiger partial charge in [-0.1, -0.05) is 56.2 Å². The average molecular weight is 422 g/mol. The maximum absolute atomic E-state index is 13.1. The van der Waals surface area contributed by atoms with Gasteiger partial charge in [-0.2, -0.15) is 4.31 Å². The van der Waals surface area contributed by atoms with E-state index >= 15 is 0 Å². The lowest BCUT2D eigenvalue weighted by molar-refractivity contribution is 0.219. The van der Waals surface area contributed by atoms with Crippen LogP contribution < -0.4 is 10.6 Å². The number of hydrogen-bond donors (Lipinski definition) is 2. The number of hydrogen-bond acceptors (Lipinski definition) is 3. The minimum atomic E-state index is -3.55. The van der Waals surface area contributed by atoms with Crippen LogP contribution in [-0.4, -0.2) is 43.9 Å². The molecule has 1 atom stereocenters. The monoisotopic (exact) mass is 421 g/mol. The molecule has 2 fully saturated rings. The number of nitrogens with one attached hydrogen (secondary N) is 2. The first-order valence-electron chi connectivity index (χ1n) is 11.1. The summed E-state index contributed by atoms with van der Waals surface area (Å²) in [7, 11) is -3.55. The highest BCUT2D eigenvalue weighted by molar-refractivity contribution is 7.89. The van der Waals surface area contributed by atoms with Crippen LogP contribution in [0.5, 0.6) is 0 Å². The molecule has 7 heteroatoms. The second-order valence-electron chi connectivity index (χ2n) is 8.47. The highest BCUT2D eigenvalue weighted by Gasteiger charge is 2.33. The molecule has 2 aliphatic rings. The molecule has 2 N–H and O–H groups in total. The van der Waals surface area contributed by atoms with Gasteiger partial charge in [-0.15, -0.1) is 0 Å². The van der Waals surface area contributed by atoms with Crippen LogP contribution in [0, 0.1) is 6.92 Å². The van der Waals surface area contributed by atoms with Crippen LogP contribution in [0.3, 0.4) is 0 Å². The van der Waals surface area contributed by atoms with Crippen molar-refractivity contribution in [2.24, 2.45) is 0 Å². The molecule has 1 aliphatic heterocycles. The average Bonchev–Trinajstić information content (AvgIpc) is 2.69. The van der Waals surface area contributed by atoms with Crippen LogP contribution >= 0.6 is 0 Å². The fraction of sp³-hybridized carbons (Fsp3) is 0.682. The summed E-state index contributed by atoms with van der Waals surface area (Å²) in [6.07, 6.45) is 10.8. The zero-order valence-corrected chi connectivity index (χ0v) is 18.3. The smallest absolute Gasteiger partial charge is 0.315 e. The molecule has 29 heavy (non-hydrogen) atoms. The van der Waals surface area contributed by atoms with Gasteiger partial charge in [0, 0.05) is 25.2 Å². The van der Waals surface area contributed by atoms with Crippen molar-refractivity contribution < 1.29 is 13.2 Å². The normalized spacial score (nSPS) is 22.4. The Morgan fingerprint density at radius 2 is 1.59 bits per heavy atom. The third-order valence-electron chi connectivity index (χ3n) is 6.14. The van der Waals surface area contributed by atoms with Gasteiger partial charge < -0.3 is 10.6 Å². The van der Waals surface area contributed by atoms with Crippen molar-refractivity contribution in [3.05, 3.63) is 29.8 Å². The second-order valence-corrected chi connectivity index (χ2v) is 10.4. The maximum atomic E-state index is 13.1. The van der Waals surface area contributed by atoms with Gasteiger partial charge in [-0.05, 0) is 44.7 Å². The fourth-order valence-corrected chi connectivity index (χ4v) is 6.08. The Balaban J connectivity index is 1.58. The molecule has 2 amide bonds. The summed E-state index contributed by atoms with van der Waals surface area (Å²) < 4.78 is 27.9. The first kappa shape index (κ1) is 22.1.